The van der Waals surface area contributed by atoms with Gasteiger partial charge in [-0.25, -0.2) is 0 Å². The molecule has 1 aliphatic rings. The molecule has 0 bridgehead atoms. The summed E-state index contributed by atoms with van der Waals surface area (Å²) in [7, 11) is 1.70. The number of aliphatic hydroxyl groups is 1. The Kier molecular flexibility index (Phi) is 4.27. The maximum absolute atomic E-state index is 12.4. The summed E-state index contributed by atoms with van der Waals surface area (Å²) in [6.45, 7) is 1.76. The lowest BCUT2D eigenvalue weighted by Crippen LogP contribution is -2.51. The number of carbonyl (C=O) groups is 1. The van der Waals surface area contributed by atoms with Gasteiger partial charge in [-0.05, 0) is 19.8 Å². The van der Waals surface area contributed by atoms with E-state index >= 15 is 0 Å². The molecule has 16 heavy (non-hydrogen) atoms. The van der Waals surface area contributed by atoms with Gasteiger partial charge in [-0.3, -0.25) is 4.79 Å². The van der Waals surface area contributed by atoms with E-state index in [1.807, 2.05) is 0 Å². The summed E-state index contributed by atoms with van der Waals surface area (Å²) < 4.78 is 0. The van der Waals surface area contributed by atoms with Crippen LogP contribution in [0.5, 0.6) is 0 Å². The van der Waals surface area contributed by atoms with Gasteiger partial charge in [0.25, 0.3) is 0 Å². The Bertz CT molecular complexity index is 288. The summed E-state index contributed by atoms with van der Waals surface area (Å²) in [5, 5.41) is 9.06. The molecule has 1 saturated carbocycles. The molecule has 0 radical (unpaired) electrons. The first-order chi connectivity index (χ1) is 7.45. The van der Waals surface area contributed by atoms with Gasteiger partial charge in [0.15, 0.2) is 0 Å². The quantitative estimate of drug-likeness (QED) is 0.713. The van der Waals surface area contributed by atoms with E-state index in [-0.39, 0.29) is 18.6 Å². The third-order valence-corrected chi connectivity index (χ3v) is 3.97. The van der Waals surface area contributed by atoms with Crippen LogP contribution in [-0.4, -0.2) is 40.6 Å². The summed E-state index contributed by atoms with van der Waals surface area (Å²) in [6, 6.07) is -0.195. The van der Waals surface area contributed by atoms with Crippen molar-refractivity contribution in [2.75, 3.05) is 13.7 Å². The van der Waals surface area contributed by atoms with Crippen molar-refractivity contribution in [1.82, 2.24) is 4.90 Å². The normalized spacial score (nSPS) is 20.4. The number of hydrogen-bond acceptors (Lipinski definition) is 3. The van der Waals surface area contributed by atoms with Crippen molar-refractivity contribution in [3.63, 3.8) is 0 Å². The highest BCUT2D eigenvalue weighted by molar-refractivity contribution is 7.80. The monoisotopic (exact) mass is 244 g/mol. The minimum atomic E-state index is -0.659. The Hall–Kier alpha value is -0.680. The molecule has 1 fully saturated rings. The van der Waals surface area contributed by atoms with Crippen molar-refractivity contribution in [1.29, 1.82) is 0 Å². The number of amides is 1. The fraction of sp³-hybridized carbons (Fsp3) is 0.818. The van der Waals surface area contributed by atoms with Gasteiger partial charge >= 0.3 is 0 Å². The zero-order chi connectivity index (χ0) is 12.3. The number of likely N-dealkylation sites (N-methyl/N-ethyl adjacent to an activating group) is 1. The molecule has 0 aromatic heterocycles. The molecule has 0 aliphatic heterocycles. The zero-order valence-corrected chi connectivity index (χ0v) is 10.7. The van der Waals surface area contributed by atoms with E-state index < -0.39 is 5.41 Å². The molecule has 1 rings (SSSR count). The minimum Gasteiger partial charge on any atom is -0.394 e. The number of nitrogens with two attached hydrogens (primary N) is 1. The van der Waals surface area contributed by atoms with Gasteiger partial charge in [-0.1, -0.05) is 25.1 Å². The molecule has 3 N–H and O–H groups in total. The van der Waals surface area contributed by atoms with Crippen molar-refractivity contribution in [2.24, 2.45) is 11.1 Å². The van der Waals surface area contributed by atoms with Gasteiger partial charge in [0, 0.05) is 7.05 Å². The second-order valence-corrected chi connectivity index (χ2v) is 5.04. The van der Waals surface area contributed by atoms with Gasteiger partial charge < -0.3 is 15.7 Å². The first-order valence-corrected chi connectivity index (χ1v) is 6.04. The molecule has 0 heterocycles. The molecule has 0 aromatic carbocycles. The third-order valence-electron chi connectivity index (χ3n) is 3.58. The van der Waals surface area contributed by atoms with E-state index in [4.69, 9.17) is 23.1 Å². The average Bonchev–Trinajstić information content (AvgIpc) is 2.76. The van der Waals surface area contributed by atoms with Gasteiger partial charge in [0.1, 0.15) is 0 Å². The van der Waals surface area contributed by atoms with Crippen molar-refractivity contribution in [3.8, 4) is 0 Å². The van der Waals surface area contributed by atoms with Crippen LogP contribution >= 0.6 is 12.2 Å². The van der Waals surface area contributed by atoms with Crippen molar-refractivity contribution in [2.45, 2.75) is 38.6 Å². The summed E-state index contributed by atoms with van der Waals surface area (Å²) in [5.74, 6) is -0.0425. The lowest BCUT2D eigenvalue weighted by molar-refractivity contribution is -0.139. The number of aliphatic hydroxyl groups excluding tert-OH is 1. The lowest BCUT2D eigenvalue weighted by atomic mass is 9.84. The van der Waals surface area contributed by atoms with Crippen molar-refractivity contribution >= 4 is 23.1 Å². The summed E-state index contributed by atoms with van der Waals surface area (Å²) in [4.78, 5) is 14.2. The van der Waals surface area contributed by atoms with Crippen LogP contribution < -0.4 is 5.73 Å². The largest absolute Gasteiger partial charge is 0.394 e. The molecule has 5 heteroatoms. The maximum Gasteiger partial charge on any atom is 0.235 e. The Labute approximate surface area is 102 Å². The van der Waals surface area contributed by atoms with Gasteiger partial charge in [0.05, 0.1) is 23.1 Å². The third kappa shape index (κ3) is 2.20. The first-order valence-electron chi connectivity index (χ1n) is 5.63. The average molecular weight is 244 g/mol. The summed E-state index contributed by atoms with van der Waals surface area (Å²) in [5.41, 5.74) is 5.08. The molecule has 1 amide bonds. The number of nitrogens with zero attached hydrogens (tertiary/aromatic N) is 1. The van der Waals surface area contributed by atoms with Crippen molar-refractivity contribution < 1.29 is 9.90 Å². The Morgan fingerprint density at radius 2 is 2.06 bits per heavy atom. The standard InChI is InChI=1S/C11H20N2O2S/c1-8(7-14)13(2)10(15)11(9(12)16)5-3-4-6-11/h8,14H,3-7H2,1-2H3,(H2,12,16). The van der Waals surface area contributed by atoms with Crippen molar-refractivity contribution in [3.05, 3.63) is 0 Å². The van der Waals surface area contributed by atoms with Crippen LogP contribution in [0.3, 0.4) is 0 Å². The fourth-order valence-electron chi connectivity index (χ4n) is 2.20. The van der Waals surface area contributed by atoms with Gasteiger partial charge in [-0.15, -0.1) is 0 Å². The molecule has 4 nitrogen and oxygen atoms in total. The highest BCUT2D eigenvalue weighted by atomic mass is 32.1. The summed E-state index contributed by atoms with van der Waals surface area (Å²) >= 11 is 5.05. The molecule has 0 saturated heterocycles. The second-order valence-electron chi connectivity index (χ2n) is 4.60. The van der Waals surface area contributed by atoms with Crippen LogP contribution in [0, 0.1) is 5.41 Å². The molecule has 92 valence electrons. The van der Waals surface area contributed by atoms with E-state index in [1.54, 1.807) is 18.9 Å². The molecule has 1 unspecified atom stereocenters. The van der Waals surface area contributed by atoms with Gasteiger partial charge in [-0.2, -0.15) is 0 Å². The smallest absolute Gasteiger partial charge is 0.235 e. The lowest BCUT2D eigenvalue weighted by Gasteiger charge is -2.34. The van der Waals surface area contributed by atoms with Crippen LogP contribution in [-0.2, 0) is 4.79 Å². The van der Waals surface area contributed by atoms with Gasteiger partial charge in [0.2, 0.25) is 5.91 Å². The number of thiocarbonyl (C=S) groups is 1. The maximum atomic E-state index is 12.4. The van der Waals surface area contributed by atoms with Crippen LogP contribution in [0.4, 0.5) is 0 Å². The molecule has 1 atom stereocenters. The van der Waals surface area contributed by atoms with E-state index in [9.17, 15) is 4.79 Å². The molecule has 0 aromatic rings. The molecular formula is C11H20N2O2S. The first kappa shape index (κ1) is 13.4. The Morgan fingerprint density at radius 1 is 1.56 bits per heavy atom. The molecule has 1 aliphatic carbocycles. The number of hydrogen-bond donors (Lipinski definition) is 2. The Balaban J connectivity index is 2.88. The highest BCUT2D eigenvalue weighted by Crippen LogP contribution is 2.40. The number of rotatable bonds is 4. The van der Waals surface area contributed by atoms with E-state index in [0.717, 1.165) is 25.7 Å². The predicted octanol–water partition coefficient (Wildman–Crippen LogP) is 0.672. The second kappa shape index (κ2) is 5.10. The molecular weight excluding hydrogens is 224 g/mol. The minimum absolute atomic E-state index is 0.0425. The van der Waals surface area contributed by atoms with Crippen LogP contribution in [0.15, 0.2) is 0 Å². The van der Waals surface area contributed by atoms with E-state index in [2.05, 4.69) is 0 Å². The van der Waals surface area contributed by atoms with Crippen LogP contribution in [0.25, 0.3) is 0 Å². The topological polar surface area (TPSA) is 66.6 Å². The van der Waals surface area contributed by atoms with Crippen LogP contribution in [0.2, 0.25) is 0 Å². The zero-order valence-electron chi connectivity index (χ0n) is 9.90. The highest BCUT2D eigenvalue weighted by Gasteiger charge is 2.46. The fourth-order valence-corrected chi connectivity index (χ4v) is 2.50. The van der Waals surface area contributed by atoms with E-state index in [0.29, 0.717) is 4.99 Å². The predicted molar refractivity (Wildman–Crippen MR) is 67.0 cm³/mol. The SMILES string of the molecule is CC(CO)N(C)C(=O)C1(C(N)=S)CCCC1. The van der Waals surface area contributed by atoms with E-state index in [1.165, 1.54) is 0 Å². The number of carbonyl (C=O) groups excluding carboxylic acids is 1. The Morgan fingerprint density at radius 3 is 2.44 bits per heavy atom. The molecule has 0 spiro atoms. The van der Waals surface area contributed by atoms with Crippen LogP contribution in [0.1, 0.15) is 32.6 Å². The summed E-state index contributed by atoms with van der Waals surface area (Å²) in [6.07, 6.45) is 3.46.